The third-order valence-corrected chi connectivity index (χ3v) is 6.29. The molecule has 1 aliphatic rings. The first-order chi connectivity index (χ1) is 17.4. The average molecular weight is 506 g/mol. The summed E-state index contributed by atoms with van der Waals surface area (Å²) in [6.07, 6.45) is 3.22. The maximum atomic E-state index is 14.2. The molecule has 2 aromatic carbocycles. The molecule has 1 heterocycles. The molecule has 6 nitrogen and oxygen atoms in total. The molecule has 2 atom stereocenters. The summed E-state index contributed by atoms with van der Waals surface area (Å²) in [5.41, 5.74) is 0.893. The fraction of sp³-hybridized carbons (Fsp3) is 0.500. The number of anilines is 1. The van der Waals surface area contributed by atoms with Crippen LogP contribution < -0.4 is 15.1 Å². The lowest BCUT2D eigenvalue weighted by atomic mass is 9.77. The summed E-state index contributed by atoms with van der Waals surface area (Å²) < 4.78 is 38.1. The number of amides is 1. The summed E-state index contributed by atoms with van der Waals surface area (Å²) in [6, 6.07) is 10.6. The zero-order valence-electron chi connectivity index (χ0n) is 22.2. The third-order valence-electron chi connectivity index (χ3n) is 6.29. The van der Waals surface area contributed by atoms with Crippen LogP contribution in [0.15, 0.2) is 47.6 Å². The topological polar surface area (TPSA) is 63.2 Å². The van der Waals surface area contributed by atoms with Crippen molar-refractivity contribution in [2.75, 3.05) is 32.4 Å². The number of hydrogen-bond acceptors (Lipinski definition) is 5. The number of hydrazone groups is 1. The van der Waals surface area contributed by atoms with Gasteiger partial charge in [-0.25, -0.2) is 13.8 Å². The van der Waals surface area contributed by atoms with E-state index in [0.717, 1.165) is 18.4 Å². The van der Waals surface area contributed by atoms with E-state index in [4.69, 9.17) is 14.6 Å². The molecule has 0 saturated carbocycles. The summed E-state index contributed by atoms with van der Waals surface area (Å²) in [6.45, 7) is 8.94. The molecular formula is C28H41F2N3O3. The molecule has 2 aromatic rings. The van der Waals surface area contributed by atoms with E-state index >= 15 is 0 Å². The number of methoxy groups -OCH3 is 2. The fourth-order valence-corrected chi connectivity index (χ4v) is 4.36. The lowest BCUT2D eigenvalue weighted by molar-refractivity contribution is -0.126. The molecule has 0 aromatic heterocycles. The number of carbonyl (C=O) groups excluding carboxylic acids is 1. The Balaban J connectivity index is 0.00000223. The minimum absolute atomic E-state index is 0. The molecule has 3 rings (SSSR count). The van der Waals surface area contributed by atoms with Gasteiger partial charge in [-0.1, -0.05) is 45.7 Å². The number of nitrogens with zero attached hydrogens (tertiary/aromatic N) is 2. The van der Waals surface area contributed by atoms with Crippen molar-refractivity contribution in [3.8, 4) is 5.75 Å². The number of halogens is 2. The summed E-state index contributed by atoms with van der Waals surface area (Å²) in [5, 5.41) is 9.56. The van der Waals surface area contributed by atoms with Crippen LogP contribution in [0.5, 0.6) is 5.75 Å². The third kappa shape index (κ3) is 6.40. The molecule has 0 saturated heterocycles. The minimum atomic E-state index is -1.09. The van der Waals surface area contributed by atoms with Crippen molar-refractivity contribution in [1.29, 1.82) is 0 Å². The summed E-state index contributed by atoms with van der Waals surface area (Å²) >= 11 is 0. The maximum absolute atomic E-state index is 14.2. The maximum Gasteiger partial charge on any atom is 0.248 e. The van der Waals surface area contributed by atoms with Gasteiger partial charge in [0.2, 0.25) is 5.91 Å². The van der Waals surface area contributed by atoms with E-state index in [-0.39, 0.29) is 24.8 Å². The van der Waals surface area contributed by atoms with Crippen molar-refractivity contribution >= 4 is 17.3 Å². The lowest BCUT2D eigenvalue weighted by Gasteiger charge is -2.37. The number of benzene rings is 2. The second-order valence-corrected chi connectivity index (χ2v) is 8.57. The van der Waals surface area contributed by atoms with Crippen LogP contribution in [0.3, 0.4) is 0 Å². The van der Waals surface area contributed by atoms with Crippen LogP contribution in [0.25, 0.3) is 0 Å². The highest BCUT2D eigenvalue weighted by Gasteiger charge is 2.53. The fourth-order valence-electron chi connectivity index (χ4n) is 4.36. The van der Waals surface area contributed by atoms with E-state index in [9.17, 15) is 13.6 Å². The van der Waals surface area contributed by atoms with Gasteiger partial charge in [0.05, 0.1) is 18.5 Å². The second kappa shape index (κ2) is 13.9. The van der Waals surface area contributed by atoms with E-state index in [1.165, 1.54) is 25.3 Å². The van der Waals surface area contributed by atoms with Crippen LogP contribution in [0.1, 0.15) is 60.4 Å². The molecule has 1 amide bonds. The second-order valence-electron chi connectivity index (χ2n) is 8.57. The van der Waals surface area contributed by atoms with E-state index in [1.807, 2.05) is 20.8 Å². The van der Waals surface area contributed by atoms with Gasteiger partial charge in [-0.05, 0) is 49.6 Å². The van der Waals surface area contributed by atoms with E-state index in [1.54, 1.807) is 36.4 Å². The van der Waals surface area contributed by atoms with Crippen molar-refractivity contribution in [1.82, 2.24) is 5.32 Å². The van der Waals surface area contributed by atoms with E-state index < -0.39 is 11.4 Å². The average Bonchev–Trinajstić information content (AvgIpc) is 3.20. The predicted molar refractivity (Wildman–Crippen MR) is 143 cm³/mol. The Labute approximate surface area is 215 Å². The van der Waals surface area contributed by atoms with Gasteiger partial charge < -0.3 is 14.8 Å². The normalized spacial score (nSPS) is 18.8. The molecule has 0 fully saturated rings. The quantitative estimate of drug-likeness (QED) is 0.370. The highest BCUT2D eigenvalue weighted by atomic mass is 19.1. The SMILES string of the molecule is CC.CCCCC1C(c2ccc(F)cc2)=NN(c2ccc(F)c(OC)c2)C1(C)C(=O)NCCCOC.[HH]. The Morgan fingerprint density at radius 3 is 2.44 bits per heavy atom. The number of unbranched alkanes of at least 4 members (excludes halogenated alkanes) is 1. The molecule has 1 N–H and O–H groups in total. The van der Waals surface area contributed by atoms with Crippen molar-refractivity contribution in [2.45, 2.75) is 58.9 Å². The predicted octanol–water partition coefficient (Wildman–Crippen LogP) is 6.19. The zero-order valence-corrected chi connectivity index (χ0v) is 22.2. The Morgan fingerprint density at radius 1 is 1.14 bits per heavy atom. The zero-order chi connectivity index (χ0) is 26.7. The van der Waals surface area contributed by atoms with Crippen LogP contribution in [0.4, 0.5) is 14.5 Å². The summed E-state index contributed by atoms with van der Waals surface area (Å²) in [5.74, 6) is -1.23. The molecule has 36 heavy (non-hydrogen) atoms. The molecular weight excluding hydrogens is 464 g/mol. The standard InChI is InChI=1S/C26H33F2N3O3.C2H6.H2/c1-5-6-8-21-24(18-9-11-19(27)12-10-18)30-31(20-13-14-22(28)23(17-20)34-4)26(21,2)25(32)29-15-7-16-33-3;1-2;/h9-14,17,21H,5-8,15-16H2,1-4H3,(H,29,32);1-2H3;1H. The first-order valence-corrected chi connectivity index (χ1v) is 12.6. The molecule has 8 heteroatoms. The van der Waals surface area contributed by atoms with Gasteiger partial charge >= 0.3 is 0 Å². The van der Waals surface area contributed by atoms with Crippen molar-refractivity contribution in [2.24, 2.45) is 11.0 Å². The van der Waals surface area contributed by atoms with Crippen molar-refractivity contribution in [3.63, 3.8) is 0 Å². The number of carbonyl (C=O) groups is 1. The first-order valence-electron chi connectivity index (χ1n) is 12.6. The van der Waals surface area contributed by atoms with Gasteiger partial charge in [-0.2, -0.15) is 5.10 Å². The highest BCUT2D eigenvalue weighted by Crippen LogP contribution is 2.42. The monoisotopic (exact) mass is 505 g/mol. The first kappa shape index (κ1) is 29.2. The van der Waals surface area contributed by atoms with Gasteiger partial charge in [-0.15, -0.1) is 0 Å². The van der Waals surface area contributed by atoms with E-state index in [0.29, 0.717) is 37.4 Å². The Hall–Kier alpha value is -3.00. The van der Waals surface area contributed by atoms with Gasteiger partial charge in [0, 0.05) is 33.7 Å². The Morgan fingerprint density at radius 2 is 1.83 bits per heavy atom. The van der Waals surface area contributed by atoms with Crippen LogP contribution in [-0.2, 0) is 9.53 Å². The van der Waals surface area contributed by atoms with Crippen LogP contribution in [0, 0.1) is 17.6 Å². The van der Waals surface area contributed by atoms with Crippen LogP contribution in [0.2, 0.25) is 0 Å². The van der Waals surface area contributed by atoms with Crippen LogP contribution >= 0.6 is 0 Å². The molecule has 0 radical (unpaired) electrons. The molecule has 0 aliphatic carbocycles. The largest absolute Gasteiger partial charge is 0.494 e. The Bertz CT molecular complexity index is 1020. The molecule has 200 valence electrons. The van der Waals surface area contributed by atoms with Crippen molar-refractivity contribution in [3.05, 3.63) is 59.7 Å². The summed E-state index contributed by atoms with van der Waals surface area (Å²) in [7, 11) is 3.01. The molecule has 0 bridgehead atoms. The molecule has 2 unspecified atom stereocenters. The van der Waals surface area contributed by atoms with Gasteiger partial charge in [-0.3, -0.25) is 4.79 Å². The van der Waals surface area contributed by atoms with Gasteiger partial charge in [0.25, 0.3) is 0 Å². The number of nitrogens with one attached hydrogen (secondary N) is 1. The highest BCUT2D eigenvalue weighted by molar-refractivity contribution is 6.10. The Kier molecular flexibility index (Phi) is 11.3. The van der Waals surface area contributed by atoms with Crippen LogP contribution in [-0.4, -0.2) is 44.5 Å². The lowest BCUT2D eigenvalue weighted by Crippen LogP contribution is -2.58. The molecule has 0 spiro atoms. The summed E-state index contributed by atoms with van der Waals surface area (Å²) in [4.78, 5) is 13.7. The van der Waals surface area contributed by atoms with Gasteiger partial charge in [0.1, 0.15) is 11.4 Å². The van der Waals surface area contributed by atoms with Gasteiger partial charge in [0.15, 0.2) is 11.6 Å². The van der Waals surface area contributed by atoms with Crippen molar-refractivity contribution < 1.29 is 24.5 Å². The number of hydrogen-bond donors (Lipinski definition) is 1. The van der Waals surface area contributed by atoms with E-state index in [2.05, 4.69) is 12.2 Å². The molecule has 1 aliphatic heterocycles. The smallest absolute Gasteiger partial charge is 0.248 e. The minimum Gasteiger partial charge on any atom is -0.494 e. The number of rotatable bonds is 11. The number of ether oxygens (including phenoxy) is 2.